The predicted molar refractivity (Wildman–Crippen MR) is 158 cm³/mol. The summed E-state index contributed by atoms with van der Waals surface area (Å²) in [5.74, 6) is -0.207. The van der Waals surface area contributed by atoms with E-state index in [0.717, 1.165) is 17.8 Å². The van der Waals surface area contributed by atoms with Gasteiger partial charge in [0.05, 0.1) is 16.8 Å². The molecule has 1 heterocycles. The van der Waals surface area contributed by atoms with Crippen molar-refractivity contribution in [1.82, 2.24) is 9.80 Å². The number of halogens is 3. The Morgan fingerprint density at radius 3 is 2.40 bits per heavy atom. The zero-order valence-corrected chi connectivity index (χ0v) is 24.6. The number of nitrogens with one attached hydrogen (secondary N) is 1. The minimum absolute atomic E-state index is 0.123. The average Bonchev–Trinajstić information content (AvgIpc) is 2.99. The second-order valence-electron chi connectivity index (χ2n) is 9.99. The molecule has 228 valence electrons. The van der Waals surface area contributed by atoms with Gasteiger partial charge in [-0.3, -0.25) is 18.7 Å². The number of alkyl halides is 3. The molecule has 1 aliphatic rings. The van der Waals surface area contributed by atoms with Crippen molar-refractivity contribution in [3.8, 4) is 16.9 Å². The van der Waals surface area contributed by atoms with Crippen molar-refractivity contribution in [2.45, 2.75) is 19.1 Å². The molecule has 4 rings (SSSR count). The Labute approximate surface area is 249 Å². The molecule has 1 N–H and O–H groups in total. The SMILES string of the molecule is CC1CN(C(=O)COc2ccc(N(C)S(C)=O)cc2)CCN1C(=O)c1cc(-c2cccc(C(F)(F)F)c2)ccc1NC=O. The van der Waals surface area contributed by atoms with Crippen LogP contribution >= 0.6 is 0 Å². The number of anilines is 2. The molecule has 43 heavy (non-hydrogen) atoms. The summed E-state index contributed by atoms with van der Waals surface area (Å²) in [5, 5.41) is 2.49. The zero-order chi connectivity index (χ0) is 31.3. The third kappa shape index (κ3) is 7.53. The van der Waals surface area contributed by atoms with Crippen molar-refractivity contribution < 1.29 is 36.5 Å². The standard InChI is InChI=1S/C30H31F3N4O5S/c1-20-17-36(28(39)18-42-25-10-8-24(9-11-25)35(2)43(3)41)13-14-37(20)29(40)26-16-22(7-12-27(26)34-19-38)21-5-4-6-23(15-21)30(31,32)33/h4-12,15-16,19-20H,13-14,17-18H2,1-3H3,(H,34,38). The summed E-state index contributed by atoms with van der Waals surface area (Å²) in [5.41, 5.74) is 0.917. The van der Waals surface area contributed by atoms with Gasteiger partial charge in [0.1, 0.15) is 16.7 Å². The highest BCUT2D eigenvalue weighted by Gasteiger charge is 2.32. The van der Waals surface area contributed by atoms with E-state index in [2.05, 4.69) is 5.32 Å². The molecule has 0 bridgehead atoms. The van der Waals surface area contributed by atoms with Crippen molar-refractivity contribution in [2.24, 2.45) is 0 Å². The normalized spacial score (nSPS) is 15.9. The summed E-state index contributed by atoms with van der Waals surface area (Å²) in [7, 11) is 0.528. The van der Waals surface area contributed by atoms with Crippen LogP contribution in [0.3, 0.4) is 0 Å². The van der Waals surface area contributed by atoms with Crippen molar-refractivity contribution in [3.63, 3.8) is 0 Å². The van der Waals surface area contributed by atoms with Crippen LogP contribution in [0.2, 0.25) is 0 Å². The largest absolute Gasteiger partial charge is 0.484 e. The van der Waals surface area contributed by atoms with Crippen LogP contribution in [0, 0.1) is 0 Å². The van der Waals surface area contributed by atoms with Gasteiger partial charge in [-0.1, -0.05) is 18.2 Å². The molecule has 1 aliphatic heterocycles. The first-order valence-corrected chi connectivity index (χ1v) is 14.8. The van der Waals surface area contributed by atoms with Gasteiger partial charge in [0.15, 0.2) is 6.61 Å². The fourth-order valence-electron chi connectivity index (χ4n) is 4.74. The van der Waals surface area contributed by atoms with Gasteiger partial charge in [0, 0.05) is 44.7 Å². The first kappa shape index (κ1) is 31.5. The fourth-order valence-corrected chi connectivity index (χ4v) is 5.16. The average molecular weight is 617 g/mol. The van der Waals surface area contributed by atoms with E-state index in [1.165, 1.54) is 30.3 Å². The Kier molecular flexibility index (Phi) is 9.74. The molecule has 0 saturated carbocycles. The lowest BCUT2D eigenvalue weighted by molar-refractivity contribution is -0.137. The van der Waals surface area contributed by atoms with E-state index in [0.29, 0.717) is 17.7 Å². The highest BCUT2D eigenvalue weighted by molar-refractivity contribution is 7.85. The minimum atomic E-state index is -4.52. The van der Waals surface area contributed by atoms with Crippen molar-refractivity contribution in [2.75, 3.05) is 49.2 Å². The summed E-state index contributed by atoms with van der Waals surface area (Å²) in [4.78, 5) is 40.9. The first-order valence-electron chi connectivity index (χ1n) is 13.3. The summed E-state index contributed by atoms with van der Waals surface area (Å²) >= 11 is 0. The van der Waals surface area contributed by atoms with Gasteiger partial charge in [-0.15, -0.1) is 0 Å². The van der Waals surface area contributed by atoms with Crippen LogP contribution in [0.5, 0.6) is 5.75 Å². The zero-order valence-electron chi connectivity index (χ0n) is 23.8. The number of nitrogens with zero attached hydrogens (tertiary/aromatic N) is 3. The lowest BCUT2D eigenvalue weighted by atomic mass is 9.98. The molecule has 0 spiro atoms. The second kappa shape index (κ2) is 13.3. The van der Waals surface area contributed by atoms with Crippen LogP contribution in [0.1, 0.15) is 22.8 Å². The number of piperazine rings is 1. The molecular formula is C30H31F3N4O5S. The lowest BCUT2D eigenvalue weighted by Gasteiger charge is -2.40. The van der Waals surface area contributed by atoms with Crippen LogP contribution in [-0.2, 0) is 26.8 Å². The molecule has 9 nitrogen and oxygen atoms in total. The number of carbonyl (C=O) groups is 3. The summed E-state index contributed by atoms with van der Waals surface area (Å²) in [6, 6.07) is 15.7. The van der Waals surface area contributed by atoms with Crippen LogP contribution in [0.4, 0.5) is 24.5 Å². The molecule has 3 aromatic carbocycles. The van der Waals surface area contributed by atoms with Gasteiger partial charge < -0.3 is 19.9 Å². The van der Waals surface area contributed by atoms with E-state index < -0.39 is 34.7 Å². The number of benzene rings is 3. The minimum Gasteiger partial charge on any atom is -0.484 e. The third-order valence-corrected chi connectivity index (χ3v) is 8.16. The lowest BCUT2D eigenvalue weighted by Crippen LogP contribution is -2.56. The predicted octanol–water partition coefficient (Wildman–Crippen LogP) is 4.42. The number of rotatable bonds is 9. The quantitative estimate of drug-likeness (QED) is 0.359. The molecule has 2 atom stereocenters. The molecule has 0 aromatic heterocycles. The van der Waals surface area contributed by atoms with Crippen LogP contribution in [0.25, 0.3) is 11.1 Å². The second-order valence-corrected chi connectivity index (χ2v) is 11.4. The highest BCUT2D eigenvalue weighted by atomic mass is 32.2. The van der Waals surface area contributed by atoms with E-state index in [-0.39, 0.29) is 49.0 Å². The van der Waals surface area contributed by atoms with E-state index in [1.54, 1.807) is 58.6 Å². The maximum atomic E-state index is 13.7. The Balaban J connectivity index is 1.43. The Morgan fingerprint density at radius 2 is 1.77 bits per heavy atom. The molecule has 2 unspecified atom stereocenters. The Morgan fingerprint density at radius 1 is 1.07 bits per heavy atom. The van der Waals surface area contributed by atoms with E-state index in [1.807, 2.05) is 0 Å². The van der Waals surface area contributed by atoms with E-state index in [4.69, 9.17) is 4.74 Å². The Hall–Kier alpha value is -4.39. The smallest absolute Gasteiger partial charge is 0.416 e. The monoisotopic (exact) mass is 616 g/mol. The highest BCUT2D eigenvalue weighted by Crippen LogP contribution is 2.33. The van der Waals surface area contributed by atoms with Gasteiger partial charge in [0.2, 0.25) is 6.41 Å². The third-order valence-electron chi connectivity index (χ3n) is 7.18. The van der Waals surface area contributed by atoms with Crippen LogP contribution < -0.4 is 14.4 Å². The summed E-state index contributed by atoms with van der Waals surface area (Å²) < 4.78 is 58.7. The van der Waals surface area contributed by atoms with E-state index in [9.17, 15) is 31.8 Å². The summed E-state index contributed by atoms with van der Waals surface area (Å²) in [6.45, 7) is 2.27. The number of ether oxygens (including phenoxy) is 1. The molecule has 3 aromatic rings. The van der Waals surface area contributed by atoms with Gasteiger partial charge in [-0.25, -0.2) is 4.21 Å². The topological polar surface area (TPSA) is 99.3 Å². The van der Waals surface area contributed by atoms with Gasteiger partial charge >= 0.3 is 6.18 Å². The molecule has 1 fully saturated rings. The number of amides is 3. The number of hydrogen-bond donors (Lipinski definition) is 1. The number of hydrogen-bond acceptors (Lipinski definition) is 5. The van der Waals surface area contributed by atoms with Crippen molar-refractivity contribution in [1.29, 1.82) is 0 Å². The fraction of sp³-hybridized carbons (Fsp3) is 0.300. The van der Waals surface area contributed by atoms with Crippen molar-refractivity contribution >= 4 is 40.6 Å². The van der Waals surface area contributed by atoms with Crippen molar-refractivity contribution in [3.05, 3.63) is 77.9 Å². The maximum absolute atomic E-state index is 13.7. The molecule has 3 amide bonds. The van der Waals surface area contributed by atoms with Gasteiger partial charge in [0.25, 0.3) is 11.8 Å². The summed E-state index contributed by atoms with van der Waals surface area (Å²) in [6.07, 6.45) is -2.53. The van der Waals surface area contributed by atoms with Gasteiger partial charge in [-0.2, -0.15) is 13.2 Å². The molecule has 13 heteroatoms. The molecule has 0 radical (unpaired) electrons. The van der Waals surface area contributed by atoms with E-state index >= 15 is 0 Å². The first-order chi connectivity index (χ1) is 20.4. The van der Waals surface area contributed by atoms with Crippen LogP contribution in [0.15, 0.2) is 66.7 Å². The Bertz CT molecular complexity index is 1520. The number of carbonyl (C=O) groups excluding carboxylic acids is 3. The molecule has 1 saturated heterocycles. The van der Waals surface area contributed by atoms with Crippen LogP contribution in [-0.4, -0.2) is 77.8 Å². The molecule has 0 aliphatic carbocycles. The van der Waals surface area contributed by atoms with Gasteiger partial charge in [-0.05, 0) is 66.6 Å². The maximum Gasteiger partial charge on any atom is 0.416 e. The molecular weight excluding hydrogens is 585 g/mol.